The second kappa shape index (κ2) is 7.03. The fourth-order valence-corrected chi connectivity index (χ4v) is 3.97. The Hall–Kier alpha value is -2.73. The summed E-state index contributed by atoms with van der Waals surface area (Å²) in [6.07, 6.45) is 0. The highest BCUT2D eigenvalue weighted by Crippen LogP contribution is 2.27. The lowest BCUT2D eigenvalue weighted by molar-refractivity contribution is 0.561. The minimum Gasteiger partial charge on any atom is -0.262 e. The average Bonchev–Trinajstić information content (AvgIpc) is 2.62. The van der Waals surface area contributed by atoms with Crippen molar-refractivity contribution in [3.8, 4) is 0 Å². The van der Waals surface area contributed by atoms with E-state index in [4.69, 9.17) is 0 Å². The SMILES string of the molecule is O=S(=O)(c1ccccc1F)N(Cc1ccccc1F)c1ccccc1. The van der Waals surface area contributed by atoms with E-state index in [1.54, 1.807) is 36.4 Å². The highest BCUT2D eigenvalue weighted by molar-refractivity contribution is 7.92. The van der Waals surface area contributed by atoms with E-state index in [2.05, 4.69) is 0 Å². The summed E-state index contributed by atoms with van der Waals surface area (Å²) in [5, 5.41) is 0. The van der Waals surface area contributed by atoms with Gasteiger partial charge < -0.3 is 0 Å². The molecule has 0 amide bonds. The average molecular weight is 359 g/mol. The van der Waals surface area contributed by atoms with Crippen LogP contribution >= 0.6 is 0 Å². The Bertz CT molecular complexity index is 975. The molecule has 0 saturated heterocycles. The van der Waals surface area contributed by atoms with Gasteiger partial charge in [0.2, 0.25) is 0 Å². The van der Waals surface area contributed by atoms with Crippen LogP contribution in [0.25, 0.3) is 0 Å². The van der Waals surface area contributed by atoms with Gasteiger partial charge in [-0.15, -0.1) is 0 Å². The predicted octanol–water partition coefficient (Wildman–Crippen LogP) is 4.36. The van der Waals surface area contributed by atoms with Crippen molar-refractivity contribution in [1.29, 1.82) is 0 Å². The number of benzene rings is 3. The molecule has 3 aromatic rings. The fraction of sp³-hybridized carbons (Fsp3) is 0.0526. The summed E-state index contributed by atoms with van der Waals surface area (Å²) >= 11 is 0. The van der Waals surface area contributed by atoms with Gasteiger partial charge in [-0.25, -0.2) is 17.2 Å². The maximum atomic E-state index is 14.1. The zero-order valence-corrected chi connectivity index (χ0v) is 14.0. The van der Waals surface area contributed by atoms with Gasteiger partial charge in [-0.05, 0) is 30.3 Å². The van der Waals surface area contributed by atoms with Crippen molar-refractivity contribution in [3.63, 3.8) is 0 Å². The molecule has 25 heavy (non-hydrogen) atoms. The van der Waals surface area contributed by atoms with Gasteiger partial charge >= 0.3 is 0 Å². The summed E-state index contributed by atoms with van der Waals surface area (Å²) in [6.45, 7) is -0.243. The quantitative estimate of drug-likeness (QED) is 0.679. The van der Waals surface area contributed by atoms with E-state index in [-0.39, 0.29) is 12.1 Å². The van der Waals surface area contributed by atoms with E-state index < -0.39 is 26.6 Å². The molecule has 0 unspecified atom stereocenters. The summed E-state index contributed by atoms with van der Waals surface area (Å²) in [5.41, 5.74) is 0.528. The molecular formula is C19H15F2NO2S. The Morgan fingerprint density at radius 2 is 1.28 bits per heavy atom. The smallest absolute Gasteiger partial charge is 0.262 e. The van der Waals surface area contributed by atoms with Crippen LogP contribution in [0.15, 0.2) is 83.8 Å². The fourth-order valence-electron chi connectivity index (χ4n) is 2.46. The minimum atomic E-state index is -4.21. The Labute approximate surface area is 145 Å². The molecule has 0 saturated carbocycles. The predicted molar refractivity (Wildman–Crippen MR) is 92.6 cm³/mol. The first kappa shape index (κ1) is 17.1. The molecular weight excluding hydrogens is 344 g/mol. The van der Waals surface area contributed by atoms with Gasteiger partial charge in [0.1, 0.15) is 16.5 Å². The first-order valence-corrected chi connectivity index (χ1v) is 9.00. The molecule has 0 aliphatic carbocycles. The van der Waals surface area contributed by atoms with E-state index in [0.29, 0.717) is 5.69 Å². The molecule has 0 heterocycles. The number of halogens is 2. The molecule has 6 heteroatoms. The normalized spacial score (nSPS) is 11.3. The summed E-state index contributed by atoms with van der Waals surface area (Å²) < 4.78 is 55.2. The highest BCUT2D eigenvalue weighted by Gasteiger charge is 2.28. The molecule has 0 atom stereocenters. The molecule has 3 nitrogen and oxygen atoms in total. The number of para-hydroxylation sites is 1. The van der Waals surface area contributed by atoms with Crippen molar-refractivity contribution in [2.24, 2.45) is 0 Å². The molecule has 0 aliphatic heterocycles. The van der Waals surface area contributed by atoms with Crippen LogP contribution in [0.3, 0.4) is 0 Å². The topological polar surface area (TPSA) is 37.4 Å². The van der Waals surface area contributed by atoms with Crippen molar-refractivity contribution < 1.29 is 17.2 Å². The Kier molecular flexibility index (Phi) is 4.81. The first-order chi connectivity index (χ1) is 12.0. The van der Waals surface area contributed by atoms with Gasteiger partial charge in [0.05, 0.1) is 12.2 Å². The first-order valence-electron chi connectivity index (χ1n) is 7.56. The van der Waals surface area contributed by atoms with Gasteiger partial charge in [0, 0.05) is 5.56 Å². The second-order valence-electron chi connectivity index (χ2n) is 5.37. The number of nitrogens with zero attached hydrogens (tertiary/aromatic N) is 1. The maximum Gasteiger partial charge on any atom is 0.267 e. The third-order valence-corrected chi connectivity index (χ3v) is 5.53. The van der Waals surface area contributed by atoms with Gasteiger partial charge in [-0.1, -0.05) is 48.5 Å². The van der Waals surface area contributed by atoms with Gasteiger partial charge in [-0.3, -0.25) is 4.31 Å². The lowest BCUT2D eigenvalue weighted by Gasteiger charge is -2.25. The zero-order chi connectivity index (χ0) is 17.9. The van der Waals surface area contributed by atoms with Crippen molar-refractivity contribution >= 4 is 15.7 Å². The largest absolute Gasteiger partial charge is 0.267 e. The lowest BCUT2D eigenvalue weighted by Crippen LogP contribution is -2.31. The van der Waals surface area contributed by atoms with E-state index in [1.165, 1.54) is 36.4 Å². The van der Waals surface area contributed by atoms with Crippen LogP contribution in [0.4, 0.5) is 14.5 Å². The molecule has 3 aromatic carbocycles. The molecule has 0 N–H and O–H groups in total. The third kappa shape index (κ3) is 3.53. The van der Waals surface area contributed by atoms with Crippen molar-refractivity contribution in [1.82, 2.24) is 0 Å². The number of sulfonamides is 1. The lowest BCUT2D eigenvalue weighted by atomic mass is 10.2. The van der Waals surface area contributed by atoms with Crippen LogP contribution in [-0.2, 0) is 16.6 Å². The van der Waals surface area contributed by atoms with Crippen molar-refractivity contribution in [2.75, 3.05) is 4.31 Å². The van der Waals surface area contributed by atoms with Crippen LogP contribution in [0.2, 0.25) is 0 Å². The standard InChI is InChI=1S/C19H15F2NO2S/c20-17-11-5-4-8-15(17)14-22(16-9-2-1-3-10-16)25(23,24)19-13-7-6-12-18(19)21/h1-13H,14H2. The van der Waals surface area contributed by atoms with Crippen LogP contribution in [0.1, 0.15) is 5.56 Å². The molecule has 0 spiro atoms. The van der Waals surface area contributed by atoms with Crippen LogP contribution in [0.5, 0.6) is 0 Å². The number of hydrogen-bond donors (Lipinski definition) is 0. The van der Waals surface area contributed by atoms with Gasteiger partial charge in [0.25, 0.3) is 10.0 Å². The maximum absolute atomic E-state index is 14.1. The Morgan fingerprint density at radius 1 is 0.720 bits per heavy atom. The molecule has 0 radical (unpaired) electrons. The van der Waals surface area contributed by atoms with E-state index in [1.807, 2.05) is 0 Å². The monoisotopic (exact) mass is 359 g/mol. The number of hydrogen-bond acceptors (Lipinski definition) is 2. The third-order valence-electron chi connectivity index (χ3n) is 3.72. The van der Waals surface area contributed by atoms with E-state index in [9.17, 15) is 17.2 Å². The van der Waals surface area contributed by atoms with Crippen LogP contribution < -0.4 is 4.31 Å². The van der Waals surface area contributed by atoms with Crippen LogP contribution in [0, 0.1) is 11.6 Å². The molecule has 0 bridgehead atoms. The highest BCUT2D eigenvalue weighted by atomic mass is 32.2. The summed E-state index contributed by atoms with van der Waals surface area (Å²) in [7, 11) is -4.21. The molecule has 3 rings (SSSR count). The van der Waals surface area contributed by atoms with Crippen molar-refractivity contribution in [3.05, 3.63) is 96.1 Å². The zero-order valence-electron chi connectivity index (χ0n) is 13.1. The number of anilines is 1. The minimum absolute atomic E-state index is 0.200. The Balaban J connectivity index is 2.12. The van der Waals surface area contributed by atoms with Crippen molar-refractivity contribution in [2.45, 2.75) is 11.4 Å². The van der Waals surface area contributed by atoms with Gasteiger partial charge in [0.15, 0.2) is 0 Å². The molecule has 0 aliphatic rings. The number of rotatable bonds is 5. The Morgan fingerprint density at radius 3 is 1.92 bits per heavy atom. The summed E-state index contributed by atoms with van der Waals surface area (Å²) in [6, 6.07) is 19.3. The van der Waals surface area contributed by atoms with Crippen LogP contribution in [-0.4, -0.2) is 8.42 Å². The van der Waals surface area contributed by atoms with Gasteiger partial charge in [-0.2, -0.15) is 0 Å². The second-order valence-corrected chi connectivity index (χ2v) is 7.20. The summed E-state index contributed by atoms with van der Waals surface area (Å²) in [5.74, 6) is -1.37. The van der Waals surface area contributed by atoms with E-state index >= 15 is 0 Å². The van der Waals surface area contributed by atoms with E-state index in [0.717, 1.165) is 10.4 Å². The summed E-state index contributed by atoms with van der Waals surface area (Å²) in [4.78, 5) is -0.449. The molecule has 128 valence electrons. The molecule has 0 aromatic heterocycles. The molecule has 0 fully saturated rings.